The highest BCUT2D eigenvalue weighted by molar-refractivity contribution is 7.19. The van der Waals surface area contributed by atoms with Gasteiger partial charge in [-0.15, -0.1) is 11.3 Å². The summed E-state index contributed by atoms with van der Waals surface area (Å²) in [4.78, 5) is 12.8. The number of thiophene rings is 1. The minimum Gasteiger partial charge on any atom is -0.391 e. The zero-order chi connectivity index (χ0) is 16.9. The molecule has 0 bridgehead atoms. The normalized spacial score (nSPS) is 10.9. The van der Waals surface area contributed by atoms with Gasteiger partial charge < -0.3 is 15.2 Å². The van der Waals surface area contributed by atoms with E-state index in [1.165, 1.54) is 0 Å². The van der Waals surface area contributed by atoms with Crippen molar-refractivity contribution in [3.05, 3.63) is 53.4 Å². The van der Waals surface area contributed by atoms with Gasteiger partial charge in [0.2, 0.25) is 5.91 Å². The van der Waals surface area contributed by atoms with Crippen molar-refractivity contribution in [2.45, 2.75) is 13.0 Å². The molecule has 0 unspecified atom stereocenters. The number of anilines is 1. The fourth-order valence-electron chi connectivity index (χ4n) is 2.60. The van der Waals surface area contributed by atoms with Crippen LogP contribution >= 0.6 is 11.3 Å². The first kappa shape index (κ1) is 16.6. The Morgan fingerprint density at radius 3 is 2.83 bits per heavy atom. The number of ether oxygens (including phenoxy) is 1. The molecule has 0 aliphatic heterocycles. The third kappa shape index (κ3) is 3.64. The maximum absolute atomic E-state index is 11.9. The number of methoxy groups -OCH3 is 1. The lowest BCUT2D eigenvalue weighted by molar-refractivity contribution is -0.117. The highest BCUT2D eigenvalue weighted by Crippen LogP contribution is 2.35. The van der Waals surface area contributed by atoms with E-state index in [0.717, 1.165) is 31.8 Å². The maximum atomic E-state index is 11.9. The molecule has 3 aromatic rings. The third-order valence-electron chi connectivity index (χ3n) is 3.74. The molecule has 0 fully saturated rings. The lowest BCUT2D eigenvalue weighted by atomic mass is 10.0. The monoisotopic (exact) mass is 341 g/mol. The summed E-state index contributed by atoms with van der Waals surface area (Å²) in [7, 11) is 1.58. The van der Waals surface area contributed by atoms with Crippen LogP contribution in [0, 0.1) is 0 Å². The van der Waals surface area contributed by atoms with Crippen molar-refractivity contribution >= 4 is 33.0 Å². The summed E-state index contributed by atoms with van der Waals surface area (Å²) in [6, 6.07) is 15.9. The van der Waals surface area contributed by atoms with Gasteiger partial charge in [0.1, 0.15) is 0 Å². The second-order valence-electron chi connectivity index (χ2n) is 5.47. The second kappa shape index (κ2) is 7.57. The average Bonchev–Trinajstić information content (AvgIpc) is 3.03. The minimum atomic E-state index is -0.0640. The summed E-state index contributed by atoms with van der Waals surface area (Å²) in [6.07, 6.45) is 0.334. The quantitative estimate of drug-likeness (QED) is 0.711. The molecule has 5 heteroatoms. The molecule has 0 aliphatic carbocycles. The summed E-state index contributed by atoms with van der Waals surface area (Å²) in [6.45, 7) is 0.457. The van der Waals surface area contributed by atoms with E-state index >= 15 is 0 Å². The van der Waals surface area contributed by atoms with Gasteiger partial charge in [0.05, 0.1) is 19.6 Å². The lowest BCUT2D eigenvalue weighted by Gasteiger charge is -2.08. The Hall–Kier alpha value is -2.21. The van der Waals surface area contributed by atoms with Gasteiger partial charge >= 0.3 is 0 Å². The van der Waals surface area contributed by atoms with Crippen LogP contribution in [0.25, 0.3) is 21.2 Å². The van der Waals surface area contributed by atoms with E-state index in [9.17, 15) is 9.90 Å². The number of amides is 1. The summed E-state index contributed by atoms with van der Waals surface area (Å²) < 4.78 is 6.07. The van der Waals surface area contributed by atoms with Crippen molar-refractivity contribution < 1.29 is 14.6 Å². The number of aliphatic hydroxyl groups is 1. The standard InChI is InChI=1S/C19H19NO3S/c1-23-9-8-18(22)20-15-6-2-4-13(10-15)17-7-3-5-14-11-16(12-21)24-19(14)17/h2-7,10-11,21H,8-9,12H2,1H3,(H,20,22). The minimum absolute atomic E-state index is 0.0500. The Morgan fingerprint density at radius 2 is 2.04 bits per heavy atom. The number of carbonyl (C=O) groups is 1. The number of aliphatic hydroxyl groups excluding tert-OH is 1. The van der Waals surface area contributed by atoms with E-state index in [4.69, 9.17) is 4.74 Å². The molecular weight excluding hydrogens is 322 g/mol. The largest absolute Gasteiger partial charge is 0.391 e. The first-order chi connectivity index (χ1) is 11.7. The van der Waals surface area contributed by atoms with Crippen LogP contribution in [0.2, 0.25) is 0 Å². The van der Waals surface area contributed by atoms with Gasteiger partial charge in [-0.2, -0.15) is 0 Å². The van der Waals surface area contributed by atoms with Gasteiger partial charge in [0, 0.05) is 22.4 Å². The second-order valence-corrected chi connectivity index (χ2v) is 6.60. The van der Waals surface area contributed by atoms with Crippen LogP contribution in [0.15, 0.2) is 48.5 Å². The molecule has 1 amide bonds. The van der Waals surface area contributed by atoms with Crippen LogP contribution in [-0.2, 0) is 16.1 Å². The van der Waals surface area contributed by atoms with Crippen LogP contribution in [0.3, 0.4) is 0 Å². The molecule has 0 atom stereocenters. The Kier molecular flexibility index (Phi) is 5.25. The fraction of sp³-hybridized carbons (Fsp3) is 0.211. The summed E-state index contributed by atoms with van der Waals surface area (Å²) in [5.74, 6) is -0.0640. The Bertz CT molecular complexity index is 857. The molecule has 1 heterocycles. The zero-order valence-corrected chi connectivity index (χ0v) is 14.2. The molecule has 0 aliphatic rings. The fourth-order valence-corrected chi connectivity index (χ4v) is 3.66. The maximum Gasteiger partial charge on any atom is 0.226 e. The third-order valence-corrected chi connectivity index (χ3v) is 4.91. The number of nitrogens with one attached hydrogen (secondary N) is 1. The number of fused-ring (bicyclic) bond motifs is 1. The van der Waals surface area contributed by atoms with Gasteiger partial charge in [-0.05, 0) is 34.7 Å². The molecule has 24 heavy (non-hydrogen) atoms. The molecule has 0 saturated heterocycles. The van der Waals surface area contributed by atoms with E-state index in [-0.39, 0.29) is 12.5 Å². The van der Waals surface area contributed by atoms with Crippen LogP contribution in [0.1, 0.15) is 11.3 Å². The molecule has 0 spiro atoms. The molecule has 2 aromatic carbocycles. The smallest absolute Gasteiger partial charge is 0.226 e. The van der Waals surface area contributed by atoms with Crippen molar-refractivity contribution in [2.24, 2.45) is 0 Å². The lowest BCUT2D eigenvalue weighted by Crippen LogP contribution is -2.13. The molecule has 124 valence electrons. The van der Waals surface area contributed by atoms with Gasteiger partial charge in [0.25, 0.3) is 0 Å². The van der Waals surface area contributed by atoms with Gasteiger partial charge in [-0.1, -0.05) is 30.3 Å². The number of hydrogen-bond acceptors (Lipinski definition) is 4. The summed E-state index contributed by atoms with van der Waals surface area (Å²) >= 11 is 1.60. The molecule has 3 rings (SSSR count). The Morgan fingerprint density at radius 1 is 1.21 bits per heavy atom. The van der Waals surface area contributed by atoms with E-state index < -0.39 is 0 Å². The van der Waals surface area contributed by atoms with E-state index in [1.807, 2.05) is 42.5 Å². The first-order valence-electron chi connectivity index (χ1n) is 7.73. The van der Waals surface area contributed by atoms with E-state index in [2.05, 4.69) is 11.4 Å². The van der Waals surface area contributed by atoms with Crippen molar-refractivity contribution in [3.63, 3.8) is 0 Å². The van der Waals surface area contributed by atoms with Crippen LogP contribution in [0.5, 0.6) is 0 Å². The highest BCUT2D eigenvalue weighted by Gasteiger charge is 2.09. The van der Waals surface area contributed by atoms with Crippen molar-refractivity contribution in [1.29, 1.82) is 0 Å². The first-order valence-corrected chi connectivity index (χ1v) is 8.54. The van der Waals surface area contributed by atoms with Gasteiger partial charge in [-0.3, -0.25) is 4.79 Å². The Labute approximate surface area is 144 Å². The molecule has 1 aromatic heterocycles. The summed E-state index contributed by atoms with van der Waals surface area (Å²) in [5, 5.41) is 13.4. The number of benzene rings is 2. The van der Waals surface area contributed by atoms with Crippen LogP contribution in [0.4, 0.5) is 5.69 Å². The molecule has 0 saturated carbocycles. The average molecular weight is 341 g/mol. The highest BCUT2D eigenvalue weighted by atomic mass is 32.1. The molecule has 4 nitrogen and oxygen atoms in total. The zero-order valence-electron chi connectivity index (χ0n) is 13.4. The topological polar surface area (TPSA) is 58.6 Å². The van der Waals surface area contributed by atoms with Gasteiger partial charge in [-0.25, -0.2) is 0 Å². The van der Waals surface area contributed by atoms with Crippen molar-refractivity contribution in [1.82, 2.24) is 0 Å². The van der Waals surface area contributed by atoms with E-state index in [1.54, 1.807) is 18.4 Å². The van der Waals surface area contributed by atoms with Crippen molar-refractivity contribution in [3.8, 4) is 11.1 Å². The number of rotatable bonds is 6. The SMILES string of the molecule is COCCC(=O)Nc1cccc(-c2cccc3cc(CO)sc23)c1. The van der Waals surface area contributed by atoms with Crippen LogP contribution < -0.4 is 5.32 Å². The predicted octanol–water partition coefficient (Wildman–Crippen LogP) is 4.04. The number of hydrogen-bond donors (Lipinski definition) is 2. The van der Waals surface area contributed by atoms with Crippen LogP contribution in [-0.4, -0.2) is 24.7 Å². The van der Waals surface area contributed by atoms with E-state index in [0.29, 0.717) is 13.0 Å². The number of carbonyl (C=O) groups excluding carboxylic acids is 1. The van der Waals surface area contributed by atoms with Crippen molar-refractivity contribution in [2.75, 3.05) is 19.0 Å². The Balaban J connectivity index is 1.91. The molecule has 2 N–H and O–H groups in total. The molecular formula is C19H19NO3S. The predicted molar refractivity (Wildman–Crippen MR) is 98.3 cm³/mol. The molecule has 0 radical (unpaired) electrons. The summed E-state index contributed by atoms with van der Waals surface area (Å²) in [5.41, 5.74) is 2.91. The van der Waals surface area contributed by atoms with Gasteiger partial charge in [0.15, 0.2) is 0 Å².